The lowest BCUT2D eigenvalue weighted by Gasteiger charge is -2.30. The standard InChI is InChI=1S/C18H18N4O3/c1-13(23)22-18(2,12-16(24)20-15-6-4-3-5-7-15)25-17(21-22)14-8-10-19-11-9-14/h3-11H,12H2,1-2H3,(H,20,24)/t18-/m0/s1. The van der Waals surface area contributed by atoms with Crippen LogP contribution in [0, 0.1) is 0 Å². The minimum Gasteiger partial charge on any atom is -0.447 e. The molecule has 1 aromatic carbocycles. The van der Waals surface area contributed by atoms with Gasteiger partial charge in [-0.1, -0.05) is 18.2 Å². The number of aromatic nitrogens is 1. The molecule has 0 aliphatic carbocycles. The number of nitrogens with one attached hydrogen (secondary N) is 1. The SMILES string of the molecule is CC(=O)N1N=C(c2ccncc2)O[C@@]1(C)CC(=O)Nc1ccccc1. The van der Waals surface area contributed by atoms with Crippen LogP contribution in [0.5, 0.6) is 0 Å². The summed E-state index contributed by atoms with van der Waals surface area (Å²) in [5, 5.41) is 8.23. The zero-order chi connectivity index (χ0) is 17.9. The van der Waals surface area contributed by atoms with E-state index in [0.29, 0.717) is 11.3 Å². The Hall–Kier alpha value is -3.22. The predicted molar refractivity (Wildman–Crippen MR) is 92.5 cm³/mol. The van der Waals surface area contributed by atoms with Gasteiger partial charge in [0, 0.05) is 30.6 Å². The molecule has 25 heavy (non-hydrogen) atoms. The van der Waals surface area contributed by atoms with E-state index in [1.165, 1.54) is 11.9 Å². The number of hydrogen-bond donors (Lipinski definition) is 1. The Kier molecular flexibility index (Phi) is 4.47. The number of pyridine rings is 1. The molecule has 0 unspecified atom stereocenters. The van der Waals surface area contributed by atoms with Crippen molar-refractivity contribution in [1.82, 2.24) is 9.99 Å². The van der Waals surface area contributed by atoms with Crippen molar-refractivity contribution in [3.63, 3.8) is 0 Å². The number of ether oxygens (including phenoxy) is 1. The van der Waals surface area contributed by atoms with Gasteiger partial charge in [0.1, 0.15) is 0 Å². The van der Waals surface area contributed by atoms with Crippen LogP contribution < -0.4 is 5.32 Å². The molecule has 1 aliphatic rings. The molecule has 1 aromatic heterocycles. The third-order valence-electron chi connectivity index (χ3n) is 3.73. The summed E-state index contributed by atoms with van der Waals surface area (Å²) in [4.78, 5) is 28.3. The second-order valence-corrected chi connectivity index (χ2v) is 5.84. The molecule has 0 radical (unpaired) electrons. The van der Waals surface area contributed by atoms with Gasteiger partial charge in [-0.2, -0.15) is 5.01 Å². The molecule has 2 aromatic rings. The maximum absolute atomic E-state index is 12.4. The van der Waals surface area contributed by atoms with Crippen molar-refractivity contribution in [3.05, 3.63) is 60.4 Å². The molecular formula is C18H18N4O3. The van der Waals surface area contributed by atoms with E-state index in [9.17, 15) is 9.59 Å². The van der Waals surface area contributed by atoms with Crippen molar-refractivity contribution in [1.29, 1.82) is 0 Å². The summed E-state index contributed by atoms with van der Waals surface area (Å²) in [7, 11) is 0. The van der Waals surface area contributed by atoms with Gasteiger partial charge in [-0.15, -0.1) is 5.10 Å². The third-order valence-corrected chi connectivity index (χ3v) is 3.73. The van der Waals surface area contributed by atoms with E-state index in [4.69, 9.17) is 4.74 Å². The number of para-hydroxylation sites is 1. The fraction of sp³-hybridized carbons (Fsp3) is 0.222. The summed E-state index contributed by atoms with van der Waals surface area (Å²) in [6, 6.07) is 12.6. The zero-order valence-electron chi connectivity index (χ0n) is 14.0. The molecule has 2 amide bonds. The molecule has 7 heteroatoms. The van der Waals surface area contributed by atoms with Crippen molar-refractivity contribution in [3.8, 4) is 0 Å². The molecule has 128 valence electrons. The van der Waals surface area contributed by atoms with Gasteiger partial charge >= 0.3 is 0 Å². The summed E-state index contributed by atoms with van der Waals surface area (Å²) in [6.45, 7) is 3.05. The minimum absolute atomic E-state index is 0.0560. The number of hydrogen-bond acceptors (Lipinski definition) is 5. The third kappa shape index (κ3) is 3.65. The number of hydrazone groups is 1. The lowest BCUT2D eigenvalue weighted by Crippen LogP contribution is -2.46. The van der Waals surface area contributed by atoms with E-state index in [2.05, 4.69) is 15.4 Å². The van der Waals surface area contributed by atoms with E-state index in [-0.39, 0.29) is 24.1 Å². The fourth-order valence-electron chi connectivity index (χ4n) is 2.62. The smallest absolute Gasteiger partial charge is 0.243 e. The summed E-state index contributed by atoms with van der Waals surface area (Å²) >= 11 is 0. The summed E-state index contributed by atoms with van der Waals surface area (Å²) in [6.07, 6.45) is 3.16. The van der Waals surface area contributed by atoms with Crippen LogP contribution in [0.15, 0.2) is 60.0 Å². The zero-order valence-corrected chi connectivity index (χ0v) is 14.0. The van der Waals surface area contributed by atoms with E-state index < -0.39 is 5.72 Å². The molecule has 0 fully saturated rings. The summed E-state index contributed by atoms with van der Waals surface area (Å²) in [5.41, 5.74) is 0.177. The first kappa shape index (κ1) is 16.6. The Morgan fingerprint density at radius 2 is 1.84 bits per heavy atom. The maximum Gasteiger partial charge on any atom is 0.243 e. The Bertz CT molecular complexity index is 808. The number of benzene rings is 1. The number of amides is 2. The van der Waals surface area contributed by atoms with Gasteiger partial charge in [-0.25, -0.2) is 0 Å². The van der Waals surface area contributed by atoms with Crippen LogP contribution in [0.1, 0.15) is 25.8 Å². The topological polar surface area (TPSA) is 83.9 Å². The fourth-order valence-corrected chi connectivity index (χ4v) is 2.62. The molecule has 2 heterocycles. The first-order valence-electron chi connectivity index (χ1n) is 7.82. The highest BCUT2D eigenvalue weighted by atomic mass is 16.6. The average molecular weight is 338 g/mol. The van der Waals surface area contributed by atoms with Gasteiger partial charge in [-0.3, -0.25) is 14.6 Å². The Balaban J connectivity index is 1.77. The van der Waals surface area contributed by atoms with Gasteiger partial charge in [0.15, 0.2) is 0 Å². The second-order valence-electron chi connectivity index (χ2n) is 5.84. The first-order valence-corrected chi connectivity index (χ1v) is 7.82. The van der Waals surface area contributed by atoms with Gasteiger partial charge in [0.25, 0.3) is 0 Å². The normalized spacial score (nSPS) is 19.1. The molecule has 3 rings (SSSR count). The molecule has 1 aliphatic heterocycles. The van der Waals surface area contributed by atoms with Gasteiger partial charge in [0.05, 0.1) is 6.42 Å². The van der Waals surface area contributed by atoms with Crippen molar-refractivity contribution in [2.75, 3.05) is 5.32 Å². The average Bonchev–Trinajstić information content (AvgIpc) is 2.94. The van der Waals surface area contributed by atoms with Crippen LogP contribution in [-0.4, -0.2) is 33.4 Å². The van der Waals surface area contributed by atoms with Crippen molar-refractivity contribution < 1.29 is 14.3 Å². The van der Waals surface area contributed by atoms with Gasteiger partial charge in [-0.05, 0) is 31.2 Å². The summed E-state index contributed by atoms with van der Waals surface area (Å²) in [5.74, 6) is -0.294. The van der Waals surface area contributed by atoms with Crippen LogP contribution in [-0.2, 0) is 14.3 Å². The Morgan fingerprint density at radius 1 is 1.16 bits per heavy atom. The number of anilines is 1. The van der Waals surface area contributed by atoms with Crippen LogP contribution in [0.4, 0.5) is 5.69 Å². The van der Waals surface area contributed by atoms with Crippen molar-refractivity contribution in [2.45, 2.75) is 26.0 Å². The van der Waals surface area contributed by atoms with Crippen molar-refractivity contribution >= 4 is 23.4 Å². The summed E-state index contributed by atoms with van der Waals surface area (Å²) < 4.78 is 5.88. The van der Waals surface area contributed by atoms with E-state index >= 15 is 0 Å². The lowest BCUT2D eigenvalue weighted by molar-refractivity contribution is -0.147. The maximum atomic E-state index is 12.4. The molecule has 0 bridgehead atoms. The van der Waals surface area contributed by atoms with E-state index in [0.717, 1.165) is 0 Å². The number of carbonyl (C=O) groups excluding carboxylic acids is 2. The van der Waals surface area contributed by atoms with Crippen LogP contribution in [0.25, 0.3) is 0 Å². The van der Waals surface area contributed by atoms with Crippen molar-refractivity contribution in [2.24, 2.45) is 5.10 Å². The molecule has 1 N–H and O–H groups in total. The van der Waals surface area contributed by atoms with E-state index in [1.807, 2.05) is 18.2 Å². The Morgan fingerprint density at radius 3 is 2.48 bits per heavy atom. The number of nitrogens with zero attached hydrogens (tertiary/aromatic N) is 3. The van der Waals surface area contributed by atoms with Crippen LogP contribution in [0.3, 0.4) is 0 Å². The first-order chi connectivity index (χ1) is 12.0. The van der Waals surface area contributed by atoms with Gasteiger partial charge in [0.2, 0.25) is 23.4 Å². The molecular weight excluding hydrogens is 320 g/mol. The predicted octanol–water partition coefficient (Wildman–Crippen LogP) is 2.37. The Labute approximate surface area is 145 Å². The molecule has 7 nitrogen and oxygen atoms in total. The number of carbonyl (C=O) groups is 2. The van der Waals surface area contributed by atoms with Crippen LogP contribution >= 0.6 is 0 Å². The highest BCUT2D eigenvalue weighted by Gasteiger charge is 2.45. The molecule has 0 saturated heterocycles. The lowest BCUT2D eigenvalue weighted by atomic mass is 10.1. The highest BCUT2D eigenvalue weighted by Crippen LogP contribution is 2.30. The molecule has 0 spiro atoms. The molecule has 0 saturated carbocycles. The van der Waals surface area contributed by atoms with E-state index in [1.54, 1.807) is 43.6 Å². The highest BCUT2D eigenvalue weighted by molar-refractivity contribution is 5.98. The monoisotopic (exact) mass is 338 g/mol. The quantitative estimate of drug-likeness (QED) is 0.927. The minimum atomic E-state index is -1.19. The van der Waals surface area contributed by atoms with Crippen LogP contribution in [0.2, 0.25) is 0 Å². The largest absolute Gasteiger partial charge is 0.447 e. The van der Waals surface area contributed by atoms with Gasteiger partial charge < -0.3 is 10.1 Å². The second kappa shape index (κ2) is 6.72. The molecule has 1 atom stereocenters. The number of rotatable bonds is 4.